The minimum Gasteiger partial charge on any atom is -0.504 e. The zero-order valence-corrected chi connectivity index (χ0v) is 20.3. The first-order valence-electron chi connectivity index (χ1n) is 11.7. The zero-order valence-electron chi connectivity index (χ0n) is 20.3. The van der Waals surface area contributed by atoms with Crippen LogP contribution >= 0.6 is 0 Å². The van der Waals surface area contributed by atoms with E-state index in [0.29, 0.717) is 11.7 Å². The predicted molar refractivity (Wildman–Crippen MR) is 138 cm³/mol. The average molecular weight is 480 g/mol. The quantitative estimate of drug-likeness (QED) is 0.512. The van der Waals surface area contributed by atoms with Gasteiger partial charge in [0.25, 0.3) is 0 Å². The van der Waals surface area contributed by atoms with Gasteiger partial charge in [0.1, 0.15) is 43.2 Å². The van der Waals surface area contributed by atoms with Gasteiger partial charge in [-0.3, -0.25) is 4.90 Å². The number of benzene rings is 1. The summed E-state index contributed by atoms with van der Waals surface area (Å²) in [6.07, 6.45) is 5.21. The maximum Gasteiger partial charge on any atom is 0.229 e. The minimum absolute atomic E-state index is 0.0211. The van der Waals surface area contributed by atoms with Crippen molar-refractivity contribution >= 4 is 48.8 Å². The van der Waals surface area contributed by atoms with Crippen molar-refractivity contribution in [2.45, 2.75) is 68.0 Å². The molecule has 2 fully saturated rings. The summed E-state index contributed by atoms with van der Waals surface area (Å²) >= 11 is 0. The summed E-state index contributed by atoms with van der Waals surface area (Å²) in [4.78, 5) is 10.9. The molecule has 2 aromatic rings. The Morgan fingerprint density at radius 3 is 2.75 bits per heavy atom. The molecule has 8 nitrogen and oxygen atoms in total. The number of nitrogens with one attached hydrogen (secondary N) is 2. The minimum atomic E-state index is -2.56. The van der Waals surface area contributed by atoms with Gasteiger partial charge in [-0.1, -0.05) is 0 Å². The first kappa shape index (κ1) is 26.4. The first-order valence-corrected chi connectivity index (χ1v) is 11.7. The summed E-state index contributed by atoms with van der Waals surface area (Å²) < 4.78 is 19.9. The molecule has 36 heavy (non-hydrogen) atoms. The van der Waals surface area contributed by atoms with Crippen molar-refractivity contribution in [2.75, 3.05) is 17.2 Å². The van der Waals surface area contributed by atoms with E-state index in [1.165, 1.54) is 24.6 Å². The number of halogens is 1. The lowest BCUT2D eigenvalue weighted by Crippen LogP contribution is -2.60. The summed E-state index contributed by atoms with van der Waals surface area (Å²) in [5.74, 6) is -0.349. The van der Waals surface area contributed by atoms with Crippen LogP contribution in [0.25, 0.3) is 0 Å². The molecule has 1 aromatic carbocycles. The Morgan fingerprint density at radius 1 is 1.31 bits per heavy atom. The van der Waals surface area contributed by atoms with Crippen LogP contribution in [0.3, 0.4) is 0 Å². The second-order valence-corrected chi connectivity index (χ2v) is 10.1. The molecule has 0 aliphatic carbocycles. The van der Waals surface area contributed by atoms with Gasteiger partial charge in [-0.15, -0.1) is 0 Å². The average Bonchev–Trinajstić information content (AvgIpc) is 3.25. The molecule has 0 bridgehead atoms. The number of hydrogen-bond donors (Lipinski definition) is 3. The summed E-state index contributed by atoms with van der Waals surface area (Å²) in [6, 6.07) is 6.85. The largest absolute Gasteiger partial charge is 0.504 e. The lowest BCUT2D eigenvalue weighted by Gasteiger charge is -2.47. The molecule has 3 N–H and O–H groups in total. The zero-order chi connectivity index (χ0) is 26.3. The van der Waals surface area contributed by atoms with Crippen LogP contribution in [0.2, 0.25) is 0 Å². The fraction of sp³-hybridized carbons (Fsp3) is 0.522. The molecule has 0 saturated carbocycles. The molecule has 2 saturated heterocycles. The topological polar surface area (TPSA) is 106 Å². The van der Waals surface area contributed by atoms with Gasteiger partial charge < -0.3 is 20.5 Å². The molecule has 13 heteroatoms. The molecule has 2 atom stereocenters. The number of rotatable bonds is 7. The van der Waals surface area contributed by atoms with Gasteiger partial charge in [-0.25, -0.2) is 9.37 Å². The Hall–Kier alpha value is -2.70. The SMILES string of the molecule is [B]C([B])(O)C([B])([B])Oc1ccc(Nc2ncc(F)c(N[C@@H]3C[C@@H]4CCCN4C(C)(C)C3)n2)cc1C#N. The van der Waals surface area contributed by atoms with Gasteiger partial charge in [-0.2, -0.15) is 10.2 Å². The van der Waals surface area contributed by atoms with Gasteiger partial charge >= 0.3 is 0 Å². The Labute approximate surface area is 216 Å². The van der Waals surface area contributed by atoms with Crippen LogP contribution in [-0.4, -0.2) is 86.3 Å². The van der Waals surface area contributed by atoms with E-state index in [1.807, 2.05) is 6.07 Å². The van der Waals surface area contributed by atoms with Crippen molar-refractivity contribution in [3.05, 3.63) is 35.8 Å². The molecule has 0 unspecified atom stereocenters. The van der Waals surface area contributed by atoms with E-state index in [0.717, 1.165) is 32.0 Å². The van der Waals surface area contributed by atoms with Crippen LogP contribution in [-0.2, 0) is 0 Å². The van der Waals surface area contributed by atoms with Gasteiger partial charge in [0.15, 0.2) is 11.6 Å². The van der Waals surface area contributed by atoms with Gasteiger partial charge in [0.2, 0.25) is 5.95 Å². The van der Waals surface area contributed by atoms with Gasteiger partial charge in [0.05, 0.1) is 11.8 Å². The number of hydrogen-bond acceptors (Lipinski definition) is 8. The molecule has 8 radical (unpaired) electrons. The summed E-state index contributed by atoms with van der Waals surface area (Å²) in [6.45, 7) is 5.55. The summed E-state index contributed by atoms with van der Waals surface area (Å²) in [7, 11) is 21.9. The Morgan fingerprint density at radius 2 is 2.06 bits per heavy atom. The van der Waals surface area contributed by atoms with Crippen molar-refractivity contribution in [2.24, 2.45) is 0 Å². The Bertz CT molecular complexity index is 1170. The van der Waals surface area contributed by atoms with Crippen molar-refractivity contribution < 1.29 is 14.2 Å². The van der Waals surface area contributed by atoms with Crippen molar-refractivity contribution in [1.29, 1.82) is 5.26 Å². The van der Waals surface area contributed by atoms with Crippen LogP contribution in [0.5, 0.6) is 5.75 Å². The fourth-order valence-corrected chi connectivity index (χ4v) is 5.02. The molecular formula is C23H25B4FN6O2. The highest BCUT2D eigenvalue weighted by Gasteiger charge is 2.43. The van der Waals surface area contributed by atoms with E-state index in [2.05, 4.69) is 39.3 Å². The Balaban J connectivity index is 1.49. The number of aromatic nitrogens is 2. The molecule has 1 aromatic heterocycles. The number of nitrogens with zero attached hydrogens (tertiary/aromatic N) is 4. The smallest absolute Gasteiger partial charge is 0.229 e. The number of aliphatic hydroxyl groups is 1. The number of fused-ring (bicyclic) bond motifs is 1. The molecule has 2 aliphatic heterocycles. The Kier molecular flexibility index (Phi) is 7.06. The third-order valence-electron chi connectivity index (χ3n) is 6.80. The number of ether oxygens (including phenoxy) is 1. The molecule has 4 rings (SSSR count). The maximum atomic E-state index is 14.6. The summed E-state index contributed by atoms with van der Waals surface area (Å²) in [5.41, 5.74) is 0.468. The highest BCUT2D eigenvalue weighted by Crippen LogP contribution is 2.38. The third kappa shape index (κ3) is 5.50. The van der Waals surface area contributed by atoms with Crippen LogP contribution < -0.4 is 15.4 Å². The van der Waals surface area contributed by atoms with E-state index in [-0.39, 0.29) is 34.7 Å². The second kappa shape index (κ2) is 9.64. The van der Waals surface area contributed by atoms with Gasteiger partial charge in [0, 0.05) is 34.1 Å². The van der Waals surface area contributed by atoms with Crippen LogP contribution in [0, 0.1) is 17.1 Å². The summed E-state index contributed by atoms with van der Waals surface area (Å²) in [5, 5.41) is 20.5. The normalized spacial score (nSPS) is 21.9. The van der Waals surface area contributed by atoms with E-state index < -0.39 is 16.6 Å². The molecule has 0 amide bonds. The third-order valence-corrected chi connectivity index (χ3v) is 6.80. The number of anilines is 3. The van der Waals surface area contributed by atoms with Crippen LogP contribution in [0.1, 0.15) is 45.1 Å². The molecule has 2 aliphatic rings. The van der Waals surface area contributed by atoms with Crippen molar-refractivity contribution in [3.63, 3.8) is 0 Å². The van der Waals surface area contributed by atoms with Crippen molar-refractivity contribution in [3.8, 4) is 11.8 Å². The van der Waals surface area contributed by atoms with E-state index >= 15 is 0 Å². The fourth-order valence-electron chi connectivity index (χ4n) is 5.02. The lowest BCUT2D eigenvalue weighted by molar-refractivity contribution is 0.0500. The number of piperidine rings is 1. The van der Waals surface area contributed by atoms with E-state index in [4.69, 9.17) is 36.1 Å². The molecule has 3 heterocycles. The maximum absolute atomic E-state index is 14.6. The second-order valence-electron chi connectivity index (χ2n) is 10.1. The monoisotopic (exact) mass is 480 g/mol. The molecule has 178 valence electrons. The van der Waals surface area contributed by atoms with E-state index in [9.17, 15) is 14.8 Å². The van der Waals surface area contributed by atoms with Crippen molar-refractivity contribution in [1.82, 2.24) is 14.9 Å². The number of nitriles is 1. The molecule has 0 spiro atoms. The van der Waals surface area contributed by atoms with Crippen LogP contribution in [0.4, 0.5) is 21.8 Å². The highest BCUT2D eigenvalue weighted by atomic mass is 19.1. The standard InChI is InChI=1S/C23H25B4FN6O2/c1-21(2)10-15(9-16-4-3-7-34(16)21)31-19-17(28)12-30-20(33-19)32-14-5-6-18(13(8-14)11-29)36-23(26,27)22(24,25)35/h5-6,8,12,15-16,35H,3-4,7,9-10H2,1-2H3,(H2,30,31,32,33)/t15-,16+/m1/s1. The molecular weight excluding hydrogens is 455 g/mol. The van der Waals surface area contributed by atoms with Gasteiger partial charge in [-0.05, 0) is 64.3 Å². The van der Waals surface area contributed by atoms with Crippen LogP contribution in [0.15, 0.2) is 24.4 Å². The lowest BCUT2D eigenvalue weighted by atomic mass is 9.42. The highest BCUT2D eigenvalue weighted by molar-refractivity contribution is 6.53. The predicted octanol–water partition coefficient (Wildman–Crippen LogP) is 1.40. The first-order chi connectivity index (χ1) is 16.8. The van der Waals surface area contributed by atoms with E-state index in [1.54, 1.807) is 0 Å².